The molecule has 74 valence electrons. The summed E-state index contributed by atoms with van der Waals surface area (Å²) in [5.41, 5.74) is 1.71. The molecule has 0 saturated carbocycles. The second-order valence-corrected chi connectivity index (χ2v) is 3.72. The molecule has 1 heterocycles. The van der Waals surface area contributed by atoms with Crippen LogP contribution in [0.25, 0.3) is 0 Å². The summed E-state index contributed by atoms with van der Waals surface area (Å²) in [5.74, 6) is 0. The van der Waals surface area contributed by atoms with Gasteiger partial charge in [-0.1, -0.05) is 11.6 Å². The number of nitro groups is 1. The number of rotatable bonds is 1. The SMILES string of the molecule is O=[N+]([O-])c1cnc2c(c1Cl)CCCC2. The maximum absolute atomic E-state index is 10.6. The molecule has 0 aliphatic heterocycles. The lowest BCUT2D eigenvalue weighted by Crippen LogP contribution is -2.07. The second-order valence-electron chi connectivity index (χ2n) is 3.35. The van der Waals surface area contributed by atoms with E-state index >= 15 is 0 Å². The third kappa shape index (κ3) is 1.46. The molecule has 5 heteroatoms. The van der Waals surface area contributed by atoms with Crippen LogP contribution in [0, 0.1) is 10.1 Å². The van der Waals surface area contributed by atoms with Gasteiger partial charge in [-0.15, -0.1) is 0 Å². The summed E-state index contributed by atoms with van der Waals surface area (Å²) < 4.78 is 0. The fourth-order valence-electron chi connectivity index (χ4n) is 1.75. The van der Waals surface area contributed by atoms with Gasteiger partial charge in [0.15, 0.2) is 0 Å². The second kappa shape index (κ2) is 3.53. The molecular weight excluding hydrogens is 204 g/mol. The van der Waals surface area contributed by atoms with Gasteiger partial charge in [0, 0.05) is 5.69 Å². The smallest absolute Gasteiger partial charge is 0.258 e. The van der Waals surface area contributed by atoms with Crippen molar-refractivity contribution in [1.82, 2.24) is 4.98 Å². The Balaban J connectivity index is 2.54. The molecular formula is C9H9ClN2O2. The summed E-state index contributed by atoms with van der Waals surface area (Å²) in [7, 11) is 0. The first kappa shape index (κ1) is 9.40. The summed E-state index contributed by atoms with van der Waals surface area (Å²) in [6.07, 6.45) is 5.08. The van der Waals surface area contributed by atoms with Crippen LogP contribution in [0.4, 0.5) is 5.69 Å². The highest BCUT2D eigenvalue weighted by molar-refractivity contribution is 6.33. The van der Waals surface area contributed by atoms with E-state index in [4.69, 9.17) is 11.6 Å². The van der Waals surface area contributed by atoms with Gasteiger partial charge in [-0.2, -0.15) is 0 Å². The maximum atomic E-state index is 10.6. The van der Waals surface area contributed by atoms with Gasteiger partial charge in [0.25, 0.3) is 0 Å². The zero-order valence-electron chi connectivity index (χ0n) is 7.49. The zero-order valence-corrected chi connectivity index (χ0v) is 8.25. The molecule has 1 aliphatic carbocycles. The van der Waals surface area contributed by atoms with E-state index in [1.165, 1.54) is 6.20 Å². The molecule has 0 atom stereocenters. The quantitative estimate of drug-likeness (QED) is 0.531. The first-order valence-electron chi connectivity index (χ1n) is 4.51. The molecule has 0 unspecified atom stereocenters. The lowest BCUT2D eigenvalue weighted by atomic mass is 9.96. The van der Waals surface area contributed by atoms with E-state index in [1.54, 1.807) is 0 Å². The maximum Gasteiger partial charge on any atom is 0.306 e. The normalized spacial score (nSPS) is 14.9. The molecule has 2 rings (SSSR count). The highest BCUT2D eigenvalue weighted by atomic mass is 35.5. The van der Waals surface area contributed by atoms with Crippen LogP contribution >= 0.6 is 11.6 Å². The third-order valence-electron chi connectivity index (χ3n) is 2.47. The number of aromatic nitrogens is 1. The number of nitrogens with zero attached hydrogens (tertiary/aromatic N) is 2. The van der Waals surface area contributed by atoms with Crippen molar-refractivity contribution in [2.24, 2.45) is 0 Å². The lowest BCUT2D eigenvalue weighted by Gasteiger charge is -2.14. The molecule has 0 spiro atoms. The number of halogens is 1. The van der Waals surface area contributed by atoms with Crippen LogP contribution in [-0.2, 0) is 12.8 Å². The van der Waals surface area contributed by atoms with Gasteiger partial charge in [0.05, 0.1) is 4.92 Å². The molecule has 1 aliphatic rings. The summed E-state index contributed by atoms with van der Waals surface area (Å²) in [4.78, 5) is 14.2. The van der Waals surface area contributed by atoms with Gasteiger partial charge in [-0.25, -0.2) is 0 Å². The van der Waals surface area contributed by atoms with Crippen LogP contribution in [0.5, 0.6) is 0 Å². The lowest BCUT2D eigenvalue weighted by molar-refractivity contribution is -0.385. The van der Waals surface area contributed by atoms with E-state index in [1.807, 2.05) is 0 Å². The Morgan fingerprint density at radius 3 is 2.86 bits per heavy atom. The van der Waals surface area contributed by atoms with Gasteiger partial charge in [0.1, 0.15) is 11.2 Å². The monoisotopic (exact) mass is 212 g/mol. The number of aryl methyl sites for hydroxylation is 1. The van der Waals surface area contributed by atoms with Crippen molar-refractivity contribution in [3.05, 3.63) is 32.6 Å². The minimum Gasteiger partial charge on any atom is -0.258 e. The van der Waals surface area contributed by atoms with Gasteiger partial charge in [-0.05, 0) is 31.2 Å². The first-order chi connectivity index (χ1) is 6.70. The molecule has 1 aromatic rings. The molecule has 1 aromatic heterocycles. The topological polar surface area (TPSA) is 56.0 Å². The largest absolute Gasteiger partial charge is 0.306 e. The predicted molar refractivity (Wildman–Crippen MR) is 52.5 cm³/mol. The molecule has 0 radical (unpaired) electrons. The van der Waals surface area contributed by atoms with E-state index in [9.17, 15) is 10.1 Å². The summed E-state index contributed by atoms with van der Waals surface area (Å²) >= 11 is 5.94. The van der Waals surface area contributed by atoms with Crippen LogP contribution in [0.2, 0.25) is 5.02 Å². The zero-order chi connectivity index (χ0) is 10.1. The minimum atomic E-state index is -0.482. The Morgan fingerprint density at radius 1 is 1.43 bits per heavy atom. The van der Waals surface area contributed by atoms with E-state index in [-0.39, 0.29) is 10.7 Å². The molecule has 0 saturated heterocycles. The molecule has 4 nitrogen and oxygen atoms in total. The van der Waals surface area contributed by atoms with Crippen LogP contribution < -0.4 is 0 Å². The van der Waals surface area contributed by atoms with E-state index in [2.05, 4.69) is 4.98 Å². The van der Waals surface area contributed by atoms with Crippen molar-refractivity contribution in [2.45, 2.75) is 25.7 Å². The van der Waals surface area contributed by atoms with Gasteiger partial charge in [0.2, 0.25) is 0 Å². The Labute approximate surface area is 86.1 Å². The molecule has 0 aromatic carbocycles. The van der Waals surface area contributed by atoms with Crippen molar-refractivity contribution in [2.75, 3.05) is 0 Å². The number of hydrogen-bond acceptors (Lipinski definition) is 3. The molecule has 0 fully saturated rings. The van der Waals surface area contributed by atoms with Crippen LogP contribution in [0.3, 0.4) is 0 Å². The van der Waals surface area contributed by atoms with E-state index in [0.717, 1.165) is 36.9 Å². The Bertz CT molecular complexity index is 393. The average Bonchev–Trinajstić information content (AvgIpc) is 2.18. The Morgan fingerprint density at radius 2 is 2.14 bits per heavy atom. The Kier molecular flexibility index (Phi) is 2.37. The number of fused-ring (bicyclic) bond motifs is 1. The molecule has 14 heavy (non-hydrogen) atoms. The predicted octanol–water partition coefficient (Wildman–Crippen LogP) is 2.52. The van der Waals surface area contributed by atoms with Gasteiger partial charge < -0.3 is 0 Å². The third-order valence-corrected chi connectivity index (χ3v) is 2.89. The highest BCUT2D eigenvalue weighted by Gasteiger charge is 2.21. The van der Waals surface area contributed by atoms with Gasteiger partial charge in [-0.3, -0.25) is 15.1 Å². The van der Waals surface area contributed by atoms with Gasteiger partial charge >= 0.3 is 5.69 Å². The highest BCUT2D eigenvalue weighted by Crippen LogP contribution is 2.32. The Hall–Kier alpha value is -1.16. The number of hydrogen-bond donors (Lipinski definition) is 0. The number of pyridine rings is 1. The van der Waals surface area contributed by atoms with Crippen LogP contribution in [-0.4, -0.2) is 9.91 Å². The van der Waals surface area contributed by atoms with Crippen LogP contribution in [0.1, 0.15) is 24.1 Å². The minimum absolute atomic E-state index is 0.0766. The van der Waals surface area contributed by atoms with Crippen LogP contribution in [0.15, 0.2) is 6.20 Å². The fourth-order valence-corrected chi connectivity index (χ4v) is 2.07. The molecule has 0 N–H and O–H groups in total. The molecule has 0 bridgehead atoms. The van der Waals surface area contributed by atoms with Crippen molar-refractivity contribution in [1.29, 1.82) is 0 Å². The summed E-state index contributed by atoms with van der Waals surface area (Å²) in [6, 6.07) is 0. The summed E-state index contributed by atoms with van der Waals surface area (Å²) in [6.45, 7) is 0. The van der Waals surface area contributed by atoms with Crippen molar-refractivity contribution >= 4 is 17.3 Å². The van der Waals surface area contributed by atoms with Crippen molar-refractivity contribution in [3.63, 3.8) is 0 Å². The van der Waals surface area contributed by atoms with E-state index < -0.39 is 4.92 Å². The van der Waals surface area contributed by atoms with E-state index in [0.29, 0.717) is 0 Å². The first-order valence-corrected chi connectivity index (χ1v) is 4.88. The molecule has 0 amide bonds. The average molecular weight is 213 g/mol. The van der Waals surface area contributed by atoms with Crippen molar-refractivity contribution < 1.29 is 4.92 Å². The fraction of sp³-hybridized carbons (Fsp3) is 0.444. The summed E-state index contributed by atoms with van der Waals surface area (Å²) in [5, 5.41) is 10.9. The standard InChI is InChI=1S/C9H9ClN2O2/c10-9-6-3-1-2-4-7(6)11-5-8(9)12(13)14/h5H,1-4H2. The van der Waals surface area contributed by atoms with Crippen molar-refractivity contribution in [3.8, 4) is 0 Å².